The highest BCUT2D eigenvalue weighted by atomic mass is 32.2. The van der Waals surface area contributed by atoms with Gasteiger partial charge in [-0.1, -0.05) is 6.92 Å². The Morgan fingerprint density at radius 3 is 2.86 bits per heavy atom. The van der Waals surface area contributed by atoms with Crippen molar-refractivity contribution in [3.63, 3.8) is 0 Å². The maximum absolute atomic E-state index is 12.4. The summed E-state index contributed by atoms with van der Waals surface area (Å²) < 4.78 is 27.4. The number of sulfonamides is 1. The Kier molecular flexibility index (Phi) is 4.92. The van der Waals surface area contributed by atoms with Gasteiger partial charge in [0.05, 0.1) is 11.9 Å². The van der Waals surface area contributed by atoms with Crippen LogP contribution >= 0.6 is 0 Å². The molecule has 0 radical (unpaired) electrons. The maximum Gasteiger partial charge on any atom is 0.279 e. The van der Waals surface area contributed by atoms with Crippen molar-refractivity contribution in [2.45, 2.75) is 31.8 Å². The van der Waals surface area contributed by atoms with Crippen molar-refractivity contribution in [3.05, 3.63) is 35.8 Å². The molecular formula is C13H19N5O2S. The molecule has 0 saturated heterocycles. The van der Waals surface area contributed by atoms with Crippen LogP contribution in [0.5, 0.6) is 0 Å². The van der Waals surface area contributed by atoms with Crippen LogP contribution in [0.4, 0.5) is 5.69 Å². The summed E-state index contributed by atoms with van der Waals surface area (Å²) in [5.74, 6) is 0. The number of H-pyrrole nitrogens is 1. The third kappa shape index (κ3) is 3.79. The summed E-state index contributed by atoms with van der Waals surface area (Å²) in [5.41, 5.74) is 1.88. The van der Waals surface area contributed by atoms with Gasteiger partial charge in [-0.05, 0) is 31.5 Å². The second kappa shape index (κ2) is 6.68. The number of hydrogen-bond acceptors (Lipinski definition) is 5. The number of aromatic amines is 1. The smallest absolute Gasteiger partial charge is 0.279 e. The first-order valence-corrected chi connectivity index (χ1v) is 8.19. The number of anilines is 1. The molecule has 0 aliphatic rings. The average molecular weight is 309 g/mol. The summed E-state index contributed by atoms with van der Waals surface area (Å²) in [6.07, 6.45) is 5.65. The molecule has 2 aromatic heterocycles. The predicted octanol–water partition coefficient (Wildman–Crippen LogP) is 1.41. The highest BCUT2D eigenvalue weighted by Gasteiger charge is 2.21. The normalized spacial score (nSPS) is 11.5. The number of nitrogens with zero attached hydrogens (tertiary/aromatic N) is 2. The van der Waals surface area contributed by atoms with E-state index in [2.05, 4.69) is 25.2 Å². The molecule has 8 heteroatoms. The molecule has 0 unspecified atom stereocenters. The molecule has 0 fully saturated rings. The van der Waals surface area contributed by atoms with Gasteiger partial charge in [0.15, 0.2) is 5.03 Å². The van der Waals surface area contributed by atoms with Gasteiger partial charge in [0.1, 0.15) is 0 Å². The van der Waals surface area contributed by atoms with Gasteiger partial charge in [-0.25, -0.2) is 0 Å². The van der Waals surface area contributed by atoms with Crippen molar-refractivity contribution in [3.8, 4) is 0 Å². The molecule has 2 rings (SSSR count). The van der Waals surface area contributed by atoms with Crippen LogP contribution in [0.3, 0.4) is 0 Å². The molecule has 2 aromatic rings. The van der Waals surface area contributed by atoms with E-state index in [9.17, 15) is 8.42 Å². The molecule has 21 heavy (non-hydrogen) atoms. The molecule has 0 aromatic carbocycles. The van der Waals surface area contributed by atoms with Crippen LogP contribution in [0.25, 0.3) is 0 Å². The van der Waals surface area contributed by atoms with Crippen LogP contribution in [0, 0.1) is 6.92 Å². The first-order valence-electron chi connectivity index (χ1n) is 6.71. The fourth-order valence-electron chi connectivity index (χ4n) is 1.84. The lowest BCUT2D eigenvalue weighted by Crippen LogP contribution is -2.19. The van der Waals surface area contributed by atoms with Gasteiger partial charge >= 0.3 is 0 Å². The molecule has 2 heterocycles. The number of hydrogen-bond donors (Lipinski definition) is 3. The van der Waals surface area contributed by atoms with Gasteiger partial charge in [0, 0.05) is 24.5 Å². The Labute approximate surface area is 124 Å². The van der Waals surface area contributed by atoms with E-state index < -0.39 is 10.0 Å². The van der Waals surface area contributed by atoms with Crippen molar-refractivity contribution < 1.29 is 8.42 Å². The zero-order chi connectivity index (χ0) is 15.3. The Balaban J connectivity index is 2.20. The lowest BCUT2D eigenvalue weighted by molar-refractivity contribution is 0.593. The van der Waals surface area contributed by atoms with E-state index in [1.807, 2.05) is 6.92 Å². The van der Waals surface area contributed by atoms with Crippen LogP contribution < -0.4 is 10.0 Å². The highest BCUT2D eigenvalue weighted by molar-refractivity contribution is 7.92. The largest absolute Gasteiger partial charge is 0.313 e. The maximum atomic E-state index is 12.4. The molecule has 114 valence electrons. The second-order valence-electron chi connectivity index (χ2n) is 4.70. The fraction of sp³-hybridized carbons (Fsp3) is 0.385. The molecule has 0 bridgehead atoms. The molecule has 0 atom stereocenters. The van der Waals surface area contributed by atoms with Crippen molar-refractivity contribution >= 4 is 15.7 Å². The summed E-state index contributed by atoms with van der Waals surface area (Å²) in [5, 5.41) is 9.64. The molecule has 3 N–H and O–H groups in total. The number of nitrogens with one attached hydrogen (secondary N) is 3. The first kappa shape index (κ1) is 15.5. The molecule has 0 aliphatic heterocycles. The minimum atomic E-state index is -3.70. The Hall–Kier alpha value is -1.93. The minimum absolute atomic E-state index is 0.0855. The van der Waals surface area contributed by atoms with Crippen LogP contribution in [0.2, 0.25) is 0 Å². The third-order valence-corrected chi connectivity index (χ3v) is 4.33. The first-order chi connectivity index (χ1) is 10.0. The van der Waals surface area contributed by atoms with E-state index in [-0.39, 0.29) is 5.03 Å². The van der Waals surface area contributed by atoms with E-state index in [0.717, 1.165) is 18.5 Å². The molecule has 7 nitrogen and oxygen atoms in total. The van der Waals surface area contributed by atoms with Crippen molar-refractivity contribution in [2.24, 2.45) is 0 Å². The number of aromatic nitrogens is 3. The third-order valence-electron chi connectivity index (χ3n) is 2.95. The van der Waals surface area contributed by atoms with Gasteiger partial charge in [-0.2, -0.15) is 13.5 Å². The van der Waals surface area contributed by atoms with Crippen LogP contribution in [0.15, 0.2) is 29.7 Å². The molecule has 0 aliphatic carbocycles. The van der Waals surface area contributed by atoms with E-state index in [0.29, 0.717) is 17.8 Å². The summed E-state index contributed by atoms with van der Waals surface area (Å²) in [6, 6.07) is 1.62. The van der Waals surface area contributed by atoms with Crippen LogP contribution in [-0.4, -0.2) is 30.1 Å². The van der Waals surface area contributed by atoms with Gasteiger partial charge < -0.3 is 5.32 Å². The number of rotatable bonds is 7. The van der Waals surface area contributed by atoms with Crippen molar-refractivity contribution in [2.75, 3.05) is 11.3 Å². The standard InChI is InChI=1S/C13H19N5O2S/c1-3-5-14-8-11-9-16-17-13(11)21(19,20)18-12-4-6-15-7-10(12)2/h4,6-7,9,14H,3,5,8H2,1-2H3,(H,15,18)(H,16,17). The topological polar surface area (TPSA) is 99.8 Å². The van der Waals surface area contributed by atoms with Gasteiger partial charge in [0.2, 0.25) is 0 Å². The molecule has 0 spiro atoms. The summed E-state index contributed by atoms with van der Waals surface area (Å²) >= 11 is 0. The quantitative estimate of drug-likeness (QED) is 0.672. The zero-order valence-electron chi connectivity index (χ0n) is 12.0. The van der Waals surface area contributed by atoms with E-state index in [4.69, 9.17) is 0 Å². The monoisotopic (exact) mass is 309 g/mol. The number of pyridine rings is 1. The Morgan fingerprint density at radius 2 is 2.14 bits per heavy atom. The van der Waals surface area contributed by atoms with Gasteiger partial charge in [-0.15, -0.1) is 0 Å². The lowest BCUT2D eigenvalue weighted by atomic mass is 10.3. The van der Waals surface area contributed by atoms with Crippen LogP contribution in [-0.2, 0) is 16.6 Å². The SMILES string of the molecule is CCCNCc1cn[nH]c1S(=O)(=O)Nc1ccncc1C. The van der Waals surface area contributed by atoms with Gasteiger partial charge in [-0.3, -0.25) is 14.8 Å². The summed E-state index contributed by atoms with van der Waals surface area (Å²) in [4.78, 5) is 3.94. The summed E-state index contributed by atoms with van der Waals surface area (Å²) in [6.45, 7) is 5.12. The lowest BCUT2D eigenvalue weighted by Gasteiger charge is -2.10. The molecular weight excluding hydrogens is 290 g/mol. The van der Waals surface area contributed by atoms with E-state index in [1.165, 1.54) is 6.20 Å². The zero-order valence-corrected chi connectivity index (χ0v) is 12.9. The fourth-order valence-corrected chi connectivity index (χ4v) is 3.10. The van der Waals surface area contributed by atoms with Crippen molar-refractivity contribution in [1.29, 1.82) is 0 Å². The minimum Gasteiger partial charge on any atom is -0.313 e. The van der Waals surface area contributed by atoms with Gasteiger partial charge in [0.25, 0.3) is 10.0 Å². The van der Waals surface area contributed by atoms with Crippen molar-refractivity contribution in [1.82, 2.24) is 20.5 Å². The molecule has 0 amide bonds. The Morgan fingerprint density at radius 1 is 1.33 bits per heavy atom. The number of aryl methyl sites for hydroxylation is 1. The Bertz CT molecular complexity index is 696. The molecule has 0 saturated carbocycles. The summed E-state index contributed by atoms with van der Waals surface area (Å²) in [7, 11) is -3.70. The van der Waals surface area contributed by atoms with E-state index in [1.54, 1.807) is 25.4 Å². The van der Waals surface area contributed by atoms with Crippen LogP contribution in [0.1, 0.15) is 24.5 Å². The van der Waals surface area contributed by atoms with E-state index >= 15 is 0 Å². The highest BCUT2D eigenvalue weighted by Crippen LogP contribution is 2.19. The predicted molar refractivity (Wildman–Crippen MR) is 80.4 cm³/mol. The second-order valence-corrected chi connectivity index (χ2v) is 6.32. The average Bonchev–Trinajstić information content (AvgIpc) is 2.91.